The fourth-order valence-electron chi connectivity index (χ4n) is 2.68. The molecule has 0 radical (unpaired) electrons. The molecule has 0 N–H and O–H groups in total. The van der Waals surface area contributed by atoms with E-state index in [-0.39, 0.29) is 6.10 Å². The maximum absolute atomic E-state index is 5.58. The largest absolute Gasteiger partial charge is 0.390 e. The normalized spacial score (nSPS) is 17.6. The number of aromatic nitrogens is 2. The predicted molar refractivity (Wildman–Crippen MR) is 86.9 cm³/mol. The SMILES string of the molecule is Cc1nccn1CCN(C)CC1CC(c2ccccc2)=NO1. The van der Waals surface area contributed by atoms with Crippen LogP contribution in [0.5, 0.6) is 0 Å². The van der Waals surface area contributed by atoms with E-state index in [2.05, 4.69) is 38.8 Å². The Balaban J connectivity index is 1.46. The fourth-order valence-corrected chi connectivity index (χ4v) is 2.68. The van der Waals surface area contributed by atoms with Crippen molar-refractivity contribution in [2.24, 2.45) is 5.16 Å². The van der Waals surface area contributed by atoms with Gasteiger partial charge in [0.25, 0.3) is 0 Å². The molecule has 1 atom stereocenters. The van der Waals surface area contributed by atoms with Crippen LogP contribution in [-0.2, 0) is 11.4 Å². The lowest BCUT2D eigenvalue weighted by molar-refractivity contribution is 0.0586. The van der Waals surface area contributed by atoms with Crippen LogP contribution in [0.1, 0.15) is 17.8 Å². The third-order valence-corrected chi connectivity index (χ3v) is 4.00. The molecule has 3 rings (SSSR count). The molecule has 2 heterocycles. The predicted octanol–water partition coefficient (Wildman–Crippen LogP) is 2.32. The van der Waals surface area contributed by atoms with Gasteiger partial charge in [-0.1, -0.05) is 35.5 Å². The first-order valence-corrected chi connectivity index (χ1v) is 7.67. The van der Waals surface area contributed by atoms with E-state index in [9.17, 15) is 0 Å². The van der Waals surface area contributed by atoms with Crippen molar-refractivity contribution in [1.82, 2.24) is 14.5 Å². The van der Waals surface area contributed by atoms with Crippen LogP contribution in [0.4, 0.5) is 0 Å². The minimum atomic E-state index is 0.143. The van der Waals surface area contributed by atoms with E-state index in [0.717, 1.165) is 43.2 Å². The van der Waals surface area contributed by atoms with Gasteiger partial charge in [0, 0.05) is 38.4 Å². The summed E-state index contributed by atoms with van der Waals surface area (Å²) in [4.78, 5) is 12.1. The van der Waals surface area contributed by atoms with Gasteiger partial charge in [-0.15, -0.1) is 0 Å². The molecule has 0 saturated carbocycles. The molecule has 1 aromatic carbocycles. The summed E-state index contributed by atoms with van der Waals surface area (Å²) in [6.07, 6.45) is 4.88. The minimum Gasteiger partial charge on any atom is -0.390 e. The topological polar surface area (TPSA) is 42.7 Å². The zero-order valence-corrected chi connectivity index (χ0v) is 13.1. The van der Waals surface area contributed by atoms with Crippen molar-refractivity contribution < 1.29 is 4.84 Å². The molecule has 0 fully saturated rings. The molecular weight excluding hydrogens is 276 g/mol. The van der Waals surface area contributed by atoms with Gasteiger partial charge in [-0.25, -0.2) is 4.98 Å². The summed E-state index contributed by atoms with van der Waals surface area (Å²) in [6.45, 7) is 4.83. The van der Waals surface area contributed by atoms with Gasteiger partial charge in [0.2, 0.25) is 0 Å². The zero-order chi connectivity index (χ0) is 15.4. The lowest BCUT2D eigenvalue weighted by atomic mass is 10.1. The maximum atomic E-state index is 5.58. The monoisotopic (exact) mass is 298 g/mol. The first-order chi connectivity index (χ1) is 10.7. The highest BCUT2D eigenvalue weighted by Gasteiger charge is 2.23. The summed E-state index contributed by atoms with van der Waals surface area (Å²) >= 11 is 0. The molecule has 1 unspecified atom stereocenters. The van der Waals surface area contributed by atoms with Crippen molar-refractivity contribution in [1.29, 1.82) is 0 Å². The number of hydrogen-bond donors (Lipinski definition) is 0. The van der Waals surface area contributed by atoms with Crippen molar-refractivity contribution in [2.75, 3.05) is 20.1 Å². The third kappa shape index (κ3) is 3.54. The number of imidazole rings is 1. The van der Waals surface area contributed by atoms with Gasteiger partial charge in [0.15, 0.2) is 0 Å². The summed E-state index contributed by atoms with van der Waals surface area (Å²) in [5, 5.41) is 4.24. The molecule has 0 saturated heterocycles. The Hall–Kier alpha value is -2.14. The van der Waals surface area contributed by atoms with E-state index in [0.29, 0.717) is 0 Å². The number of nitrogens with zero attached hydrogens (tertiary/aromatic N) is 4. The van der Waals surface area contributed by atoms with E-state index in [4.69, 9.17) is 4.84 Å². The van der Waals surface area contributed by atoms with Crippen LogP contribution in [-0.4, -0.2) is 46.4 Å². The minimum absolute atomic E-state index is 0.143. The Kier molecular flexibility index (Phi) is 4.53. The van der Waals surface area contributed by atoms with Crippen LogP contribution in [0.15, 0.2) is 47.9 Å². The van der Waals surface area contributed by atoms with Crippen LogP contribution in [0.25, 0.3) is 0 Å². The number of hydrogen-bond acceptors (Lipinski definition) is 4. The van der Waals surface area contributed by atoms with Crippen LogP contribution < -0.4 is 0 Å². The average Bonchev–Trinajstić information content (AvgIpc) is 3.15. The van der Waals surface area contributed by atoms with Gasteiger partial charge in [-0.05, 0) is 19.5 Å². The molecule has 5 heteroatoms. The highest BCUT2D eigenvalue weighted by molar-refractivity contribution is 6.01. The third-order valence-electron chi connectivity index (χ3n) is 4.00. The summed E-state index contributed by atoms with van der Waals surface area (Å²) in [5.41, 5.74) is 2.20. The van der Waals surface area contributed by atoms with E-state index in [1.165, 1.54) is 0 Å². The van der Waals surface area contributed by atoms with Gasteiger partial charge >= 0.3 is 0 Å². The molecule has 1 aliphatic rings. The van der Waals surface area contributed by atoms with Gasteiger partial charge in [0.05, 0.1) is 5.71 Å². The van der Waals surface area contributed by atoms with Crippen LogP contribution in [0, 0.1) is 6.92 Å². The van der Waals surface area contributed by atoms with E-state index in [1.807, 2.05) is 37.5 Å². The first-order valence-electron chi connectivity index (χ1n) is 7.67. The highest BCUT2D eigenvalue weighted by Crippen LogP contribution is 2.17. The number of benzene rings is 1. The molecule has 0 bridgehead atoms. The summed E-state index contributed by atoms with van der Waals surface area (Å²) in [5.74, 6) is 1.06. The Morgan fingerprint density at radius 3 is 2.86 bits per heavy atom. The molecule has 1 aromatic heterocycles. The molecule has 116 valence electrons. The van der Waals surface area contributed by atoms with Gasteiger partial charge in [-0.3, -0.25) is 0 Å². The lowest BCUT2D eigenvalue weighted by Gasteiger charge is -2.20. The van der Waals surface area contributed by atoms with E-state index >= 15 is 0 Å². The Bertz CT molecular complexity index is 635. The molecule has 0 aliphatic carbocycles. The second kappa shape index (κ2) is 6.75. The van der Waals surface area contributed by atoms with Crippen LogP contribution >= 0.6 is 0 Å². The fraction of sp³-hybridized carbons (Fsp3) is 0.412. The molecule has 2 aromatic rings. The van der Waals surface area contributed by atoms with Crippen molar-refractivity contribution in [2.45, 2.75) is 26.0 Å². The van der Waals surface area contributed by atoms with Gasteiger partial charge in [-0.2, -0.15) is 0 Å². The summed E-state index contributed by atoms with van der Waals surface area (Å²) in [7, 11) is 2.12. The van der Waals surface area contributed by atoms with Crippen molar-refractivity contribution in [3.63, 3.8) is 0 Å². The number of aryl methyl sites for hydroxylation is 1. The second-order valence-corrected chi connectivity index (χ2v) is 5.77. The van der Waals surface area contributed by atoms with Crippen LogP contribution in [0.2, 0.25) is 0 Å². The van der Waals surface area contributed by atoms with Crippen LogP contribution in [0.3, 0.4) is 0 Å². The molecule has 22 heavy (non-hydrogen) atoms. The number of oxime groups is 1. The number of likely N-dealkylation sites (N-methyl/N-ethyl adjacent to an activating group) is 1. The molecule has 0 spiro atoms. The molecular formula is C17H22N4O. The quantitative estimate of drug-likeness (QED) is 0.822. The van der Waals surface area contributed by atoms with Gasteiger partial charge in [0.1, 0.15) is 11.9 Å². The smallest absolute Gasteiger partial charge is 0.145 e. The number of rotatable bonds is 6. The Labute approximate surface area is 131 Å². The van der Waals surface area contributed by atoms with Gasteiger partial charge < -0.3 is 14.3 Å². The maximum Gasteiger partial charge on any atom is 0.145 e. The lowest BCUT2D eigenvalue weighted by Crippen LogP contribution is -2.32. The summed E-state index contributed by atoms with van der Waals surface area (Å²) < 4.78 is 2.16. The Morgan fingerprint density at radius 1 is 1.32 bits per heavy atom. The van der Waals surface area contributed by atoms with Crippen molar-refractivity contribution >= 4 is 5.71 Å². The average molecular weight is 298 g/mol. The Morgan fingerprint density at radius 2 is 2.14 bits per heavy atom. The second-order valence-electron chi connectivity index (χ2n) is 5.77. The first kappa shape index (κ1) is 14.8. The molecule has 1 aliphatic heterocycles. The van der Waals surface area contributed by atoms with Crippen molar-refractivity contribution in [3.05, 3.63) is 54.1 Å². The van der Waals surface area contributed by atoms with Crippen molar-refractivity contribution in [3.8, 4) is 0 Å². The highest BCUT2D eigenvalue weighted by atomic mass is 16.6. The molecule has 0 amide bonds. The zero-order valence-electron chi connectivity index (χ0n) is 13.1. The van der Waals surface area contributed by atoms with E-state index < -0.39 is 0 Å². The molecule has 5 nitrogen and oxygen atoms in total. The summed E-state index contributed by atoms with van der Waals surface area (Å²) in [6, 6.07) is 10.2. The van der Waals surface area contributed by atoms with E-state index in [1.54, 1.807) is 0 Å². The standard InChI is InChI=1S/C17H22N4O/c1-14-18-8-9-21(14)11-10-20(2)13-16-12-17(19-22-16)15-6-4-3-5-7-15/h3-9,16H,10-13H2,1-2H3.